The lowest BCUT2D eigenvalue weighted by Crippen LogP contribution is -2.55. The third kappa shape index (κ3) is 3.44. The van der Waals surface area contributed by atoms with Gasteiger partial charge in [0.15, 0.2) is 17.0 Å². The van der Waals surface area contributed by atoms with Gasteiger partial charge in [0.1, 0.15) is 0 Å². The Balaban J connectivity index is 1.83. The van der Waals surface area contributed by atoms with Crippen LogP contribution >= 0.6 is 11.6 Å². The number of imidazole rings is 1. The van der Waals surface area contributed by atoms with Gasteiger partial charge in [-0.15, -0.1) is 0 Å². The fourth-order valence-corrected chi connectivity index (χ4v) is 3.79. The van der Waals surface area contributed by atoms with Crippen molar-refractivity contribution < 1.29 is 0 Å². The van der Waals surface area contributed by atoms with Gasteiger partial charge in [-0.3, -0.25) is 0 Å². The SMILES string of the molecule is CCn1cnc2c(Nc3cccc(Cl)c3)nc(N3C(C)CNCC3C)nc21. The Bertz CT molecular complexity index is 944. The Morgan fingerprint density at radius 3 is 2.70 bits per heavy atom. The number of halogens is 1. The van der Waals surface area contributed by atoms with Gasteiger partial charge >= 0.3 is 0 Å². The van der Waals surface area contributed by atoms with Crippen LogP contribution in [0.4, 0.5) is 17.5 Å². The third-order valence-corrected chi connectivity index (χ3v) is 5.18. The van der Waals surface area contributed by atoms with Crippen LogP contribution < -0.4 is 15.5 Å². The van der Waals surface area contributed by atoms with Crippen LogP contribution in [0, 0.1) is 0 Å². The van der Waals surface area contributed by atoms with Crippen LogP contribution in [0.25, 0.3) is 11.2 Å². The van der Waals surface area contributed by atoms with Gasteiger partial charge in [0.05, 0.1) is 6.33 Å². The number of rotatable bonds is 4. The summed E-state index contributed by atoms with van der Waals surface area (Å²) in [5.41, 5.74) is 2.47. The molecule has 7 nitrogen and oxygen atoms in total. The quantitative estimate of drug-likeness (QED) is 0.717. The second-order valence-corrected chi connectivity index (χ2v) is 7.41. The minimum atomic E-state index is 0.309. The molecule has 2 aromatic heterocycles. The van der Waals surface area contributed by atoms with E-state index in [1.165, 1.54) is 0 Å². The molecule has 2 N–H and O–H groups in total. The lowest BCUT2D eigenvalue weighted by atomic mass is 10.1. The summed E-state index contributed by atoms with van der Waals surface area (Å²) in [6, 6.07) is 8.22. The van der Waals surface area contributed by atoms with Crippen LogP contribution in [0.5, 0.6) is 0 Å². The second-order valence-electron chi connectivity index (χ2n) is 6.97. The summed E-state index contributed by atoms with van der Waals surface area (Å²) in [6.45, 7) is 9.10. The molecule has 0 bridgehead atoms. The zero-order chi connectivity index (χ0) is 19.0. The first kappa shape index (κ1) is 18.0. The van der Waals surface area contributed by atoms with Crippen molar-refractivity contribution in [3.63, 3.8) is 0 Å². The molecule has 2 atom stereocenters. The topological polar surface area (TPSA) is 70.9 Å². The smallest absolute Gasteiger partial charge is 0.230 e. The van der Waals surface area contributed by atoms with Crippen molar-refractivity contribution in [2.24, 2.45) is 0 Å². The fourth-order valence-electron chi connectivity index (χ4n) is 3.60. The van der Waals surface area contributed by atoms with Gasteiger partial charge in [-0.05, 0) is 39.0 Å². The fraction of sp³-hybridized carbons (Fsp3) is 0.421. The van der Waals surface area contributed by atoms with Gasteiger partial charge in [0.2, 0.25) is 5.95 Å². The Morgan fingerprint density at radius 2 is 2.00 bits per heavy atom. The molecule has 3 heterocycles. The lowest BCUT2D eigenvalue weighted by molar-refractivity contribution is 0.425. The minimum absolute atomic E-state index is 0.309. The zero-order valence-corrected chi connectivity index (χ0v) is 16.5. The van der Waals surface area contributed by atoms with Gasteiger partial charge in [0.25, 0.3) is 0 Å². The minimum Gasteiger partial charge on any atom is -0.338 e. The van der Waals surface area contributed by atoms with E-state index in [9.17, 15) is 0 Å². The van der Waals surface area contributed by atoms with Crippen molar-refractivity contribution in [3.8, 4) is 0 Å². The molecule has 0 spiro atoms. The highest BCUT2D eigenvalue weighted by molar-refractivity contribution is 6.30. The normalized spacial score (nSPS) is 20.2. The largest absolute Gasteiger partial charge is 0.338 e. The van der Waals surface area contributed by atoms with Gasteiger partial charge in [-0.1, -0.05) is 17.7 Å². The Kier molecular flexibility index (Phi) is 4.88. The number of nitrogens with one attached hydrogen (secondary N) is 2. The van der Waals surface area contributed by atoms with E-state index in [2.05, 4.69) is 41.3 Å². The van der Waals surface area contributed by atoms with Crippen LogP contribution in [-0.4, -0.2) is 44.7 Å². The number of hydrogen-bond donors (Lipinski definition) is 2. The molecule has 8 heteroatoms. The predicted molar refractivity (Wildman–Crippen MR) is 110 cm³/mol. The van der Waals surface area contributed by atoms with Crippen LogP contribution in [0.1, 0.15) is 20.8 Å². The van der Waals surface area contributed by atoms with Crippen molar-refractivity contribution in [1.82, 2.24) is 24.8 Å². The molecule has 142 valence electrons. The standard InChI is InChI=1S/C19H24ClN7/c1-4-26-11-22-16-17(23-15-7-5-6-14(20)8-15)24-19(25-18(16)26)27-12(2)9-21-10-13(27)3/h5-8,11-13,21H,4,9-10H2,1-3H3,(H,23,24,25). The summed E-state index contributed by atoms with van der Waals surface area (Å²) in [5.74, 6) is 1.42. The van der Waals surface area contributed by atoms with Gasteiger partial charge in [-0.25, -0.2) is 4.98 Å². The van der Waals surface area contributed by atoms with E-state index in [1.807, 2.05) is 35.2 Å². The maximum atomic E-state index is 6.14. The number of fused-ring (bicyclic) bond motifs is 1. The van der Waals surface area contributed by atoms with Gasteiger partial charge < -0.3 is 20.1 Å². The van der Waals surface area contributed by atoms with E-state index >= 15 is 0 Å². The average molecular weight is 386 g/mol. The molecule has 0 aliphatic carbocycles. The lowest BCUT2D eigenvalue weighted by Gasteiger charge is -2.39. The Morgan fingerprint density at radius 1 is 1.22 bits per heavy atom. The first-order chi connectivity index (χ1) is 13.1. The van der Waals surface area contributed by atoms with Crippen LogP contribution in [-0.2, 0) is 6.54 Å². The number of piperazine rings is 1. The van der Waals surface area contributed by atoms with E-state index in [1.54, 1.807) is 0 Å². The zero-order valence-electron chi connectivity index (χ0n) is 15.8. The highest BCUT2D eigenvalue weighted by Gasteiger charge is 2.28. The molecule has 1 aromatic carbocycles. The maximum absolute atomic E-state index is 6.14. The molecule has 27 heavy (non-hydrogen) atoms. The third-order valence-electron chi connectivity index (χ3n) is 4.94. The molecule has 0 amide bonds. The van der Waals surface area contributed by atoms with E-state index in [0.717, 1.165) is 42.4 Å². The Hall–Kier alpha value is -2.38. The summed E-state index contributed by atoms with van der Waals surface area (Å²) in [7, 11) is 0. The molecule has 0 radical (unpaired) electrons. The summed E-state index contributed by atoms with van der Waals surface area (Å²) >= 11 is 6.14. The monoisotopic (exact) mass is 385 g/mol. The predicted octanol–water partition coefficient (Wildman–Crippen LogP) is 3.43. The van der Waals surface area contributed by atoms with Crippen LogP contribution in [0.2, 0.25) is 5.02 Å². The molecule has 4 rings (SSSR count). The molecule has 1 aliphatic heterocycles. The van der Waals surface area contributed by atoms with Gasteiger partial charge in [0, 0.05) is 42.4 Å². The Labute approximate surface area is 163 Å². The van der Waals surface area contributed by atoms with E-state index in [0.29, 0.717) is 22.9 Å². The van der Waals surface area contributed by atoms with Gasteiger partial charge in [-0.2, -0.15) is 9.97 Å². The van der Waals surface area contributed by atoms with E-state index < -0.39 is 0 Å². The molecular weight excluding hydrogens is 362 g/mol. The highest BCUT2D eigenvalue weighted by Crippen LogP contribution is 2.28. The molecule has 1 fully saturated rings. The van der Waals surface area contributed by atoms with Crippen LogP contribution in [0.3, 0.4) is 0 Å². The molecule has 3 aromatic rings. The maximum Gasteiger partial charge on any atom is 0.230 e. The summed E-state index contributed by atoms with van der Waals surface area (Å²) < 4.78 is 2.04. The summed E-state index contributed by atoms with van der Waals surface area (Å²) in [4.78, 5) is 16.6. The number of aryl methyl sites for hydroxylation is 1. The number of hydrogen-bond acceptors (Lipinski definition) is 6. The van der Waals surface area contributed by atoms with Crippen molar-refractivity contribution in [2.75, 3.05) is 23.3 Å². The first-order valence-corrected chi connectivity index (χ1v) is 9.69. The number of benzene rings is 1. The number of aromatic nitrogens is 4. The molecule has 1 aliphatic rings. The second kappa shape index (κ2) is 7.32. The molecular formula is C19H24ClN7. The van der Waals surface area contributed by atoms with E-state index in [4.69, 9.17) is 21.6 Å². The van der Waals surface area contributed by atoms with Crippen molar-refractivity contribution in [3.05, 3.63) is 35.6 Å². The molecule has 1 saturated heterocycles. The summed E-state index contributed by atoms with van der Waals surface area (Å²) in [5, 5.41) is 7.51. The molecule has 2 unspecified atom stereocenters. The van der Waals surface area contributed by atoms with E-state index in [-0.39, 0.29) is 0 Å². The van der Waals surface area contributed by atoms with Crippen molar-refractivity contribution in [1.29, 1.82) is 0 Å². The first-order valence-electron chi connectivity index (χ1n) is 9.31. The van der Waals surface area contributed by atoms with Crippen molar-refractivity contribution >= 4 is 40.2 Å². The number of anilines is 3. The summed E-state index contributed by atoms with van der Waals surface area (Å²) in [6.07, 6.45) is 1.82. The highest BCUT2D eigenvalue weighted by atomic mass is 35.5. The average Bonchev–Trinajstić information content (AvgIpc) is 3.05. The number of nitrogens with zero attached hydrogens (tertiary/aromatic N) is 5. The molecule has 0 saturated carbocycles. The van der Waals surface area contributed by atoms with Crippen molar-refractivity contribution in [2.45, 2.75) is 39.4 Å². The van der Waals surface area contributed by atoms with Crippen LogP contribution in [0.15, 0.2) is 30.6 Å².